The predicted octanol–water partition coefficient (Wildman–Crippen LogP) is 2.09. The van der Waals surface area contributed by atoms with E-state index in [9.17, 15) is 23.1 Å². The third-order valence-electron chi connectivity index (χ3n) is 6.44. The van der Waals surface area contributed by atoms with Gasteiger partial charge in [-0.2, -0.15) is 0 Å². The number of carboxylic acid groups (broad SMARTS) is 1. The van der Waals surface area contributed by atoms with E-state index in [4.69, 9.17) is 5.73 Å². The first kappa shape index (κ1) is 24.7. The molecule has 35 heavy (non-hydrogen) atoms. The summed E-state index contributed by atoms with van der Waals surface area (Å²) in [5.74, 6) is 0.754. The standard InChI is InChI=1S/C23H30N6O5S/c1-3-27(23(31)32)12-19-26-20-21(17-8-4-5-9-18(17)25-22(20)24)29(19)11-7-6-10-28(15(2)30)16-13-35(33,34)14-16/h4-5,8-9,16H,3,6-7,10-14H2,1-2H3,(H2,24,25)(H,31,32). The maximum Gasteiger partial charge on any atom is 0.407 e. The van der Waals surface area contributed by atoms with Crippen LogP contribution in [-0.4, -0.2) is 80.5 Å². The first-order valence-corrected chi connectivity index (χ1v) is 13.4. The minimum absolute atomic E-state index is 0.0171. The van der Waals surface area contributed by atoms with Crippen molar-refractivity contribution in [2.24, 2.45) is 0 Å². The predicted molar refractivity (Wildman–Crippen MR) is 133 cm³/mol. The van der Waals surface area contributed by atoms with E-state index in [2.05, 4.69) is 9.97 Å². The number of nitrogens with zero attached hydrogens (tertiary/aromatic N) is 5. The minimum Gasteiger partial charge on any atom is -0.465 e. The number of nitrogen functional groups attached to an aromatic ring is 1. The quantitative estimate of drug-likeness (QED) is 0.422. The van der Waals surface area contributed by atoms with Gasteiger partial charge in [-0.15, -0.1) is 0 Å². The fourth-order valence-corrected chi connectivity index (χ4v) is 6.05. The number of carbonyl (C=O) groups is 2. The van der Waals surface area contributed by atoms with Crippen molar-refractivity contribution in [3.63, 3.8) is 0 Å². The second kappa shape index (κ2) is 9.68. The molecule has 0 spiro atoms. The number of nitrogens with two attached hydrogens (primary N) is 1. The molecule has 188 valence electrons. The Morgan fingerprint density at radius 1 is 1.20 bits per heavy atom. The van der Waals surface area contributed by atoms with E-state index in [-0.39, 0.29) is 35.8 Å². The van der Waals surface area contributed by atoms with Crippen molar-refractivity contribution in [3.8, 4) is 0 Å². The number of aromatic nitrogens is 3. The molecule has 0 saturated carbocycles. The number of anilines is 1. The SMILES string of the molecule is CCN(Cc1nc2c(N)nc3ccccc3c2n1CCCCN(C(C)=O)C1CS(=O)(=O)C1)C(=O)O. The number of amides is 2. The van der Waals surface area contributed by atoms with Gasteiger partial charge < -0.3 is 25.2 Å². The van der Waals surface area contributed by atoms with Crippen LogP contribution in [0.1, 0.15) is 32.5 Å². The number of hydrogen-bond acceptors (Lipinski definition) is 7. The zero-order chi connectivity index (χ0) is 25.3. The molecule has 0 bridgehead atoms. The van der Waals surface area contributed by atoms with Gasteiger partial charge in [-0.25, -0.2) is 23.2 Å². The Labute approximate surface area is 203 Å². The molecular weight excluding hydrogens is 472 g/mol. The number of sulfone groups is 1. The van der Waals surface area contributed by atoms with Gasteiger partial charge in [0.25, 0.3) is 0 Å². The van der Waals surface area contributed by atoms with Gasteiger partial charge in [0.15, 0.2) is 15.7 Å². The molecule has 12 heteroatoms. The fraction of sp³-hybridized carbons (Fsp3) is 0.478. The maximum absolute atomic E-state index is 12.1. The summed E-state index contributed by atoms with van der Waals surface area (Å²) in [7, 11) is -3.03. The van der Waals surface area contributed by atoms with E-state index in [1.54, 1.807) is 11.8 Å². The van der Waals surface area contributed by atoms with Gasteiger partial charge in [-0.3, -0.25) is 4.79 Å². The second-order valence-corrected chi connectivity index (χ2v) is 11.0. The first-order valence-electron chi connectivity index (χ1n) is 11.6. The van der Waals surface area contributed by atoms with Crippen LogP contribution in [0, 0.1) is 0 Å². The molecule has 0 unspecified atom stereocenters. The number of unbranched alkanes of at least 4 members (excludes halogenated alkanes) is 1. The van der Waals surface area contributed by atoms with Gasteiger partial charge in [0.05, 0.1) is 35.1 Å². The number of para-hydroxylation sites is 1. The van der Waals surface area contributed by atoms with Crippen LogP contribution in [0.25, 0.3) is 21.9 Å². The summed E-state index contributed by atoms with van der Waals surface area (Å²) in [6.45, 7) is 4.63. The van der Waals surface area contributed by atoms with Gasteiger partial charge in [-0.05, 0) is 25.8 Å². The molecule has 1 aliphatic heterocycles. The number of rotatable bonds is 9. The highest BCUT2D eigenvalue weighted by molar-refractivity contribution is 7.92. The molecule has 4 rings (SSSR count). The van der Waals surface area contributed by atoms with Crippen LogP contribution in [0.2, 0.25) is 0 Å². The Hall–Kier alpha value is -3.41. The fourth-order valence-electron chi connectivity index (χ4n) is 4.62. The van der Waals surface area contributed by atoms with Crippen molar-refractivity contribution in [3.05, 3.63) is 30.1 Å². The smallest absolute Gasteiger partial charge is 0.407 e. The van der Waals surface area contributed by atoms with Gasteiger partial charge in [0.2, 0.25) is 5.91 Å². The number of benzene rings is 1. The van der Waals surface area contributed by atoms with Gasteiger partial charge >= 0.3 is 6.09 Å². The molecule has 1 fully saturated rings. The van der Waals surface area contributed by atoms with E-state index in [1.165, 1.54) is 11.8 Å². The zero-order valence-electron chi connectivity index (χ0n) is 19.8. The second-order valence-electron chi connectivity index (χ2n) is 8.84. The highest BCUT2D eigenvalue weighted by atomic mass is 32.2. The molecule has 3 aromatic rings. The van der Waals surface area contributed by atoms with Crippen molar-refractivity contribution in [2.45, 2.75) is 45.8 Å². The lowest BCUT2D eigenvalue weighted by Crippen LogP contribution is -2.55. The van der Waals surface area contributed by atoms with Crippen molar-refractivity contribution in [1.29, 1.82) is 0 Å². The summed E-state index contributed by atoms with van der Waals surface area (Å²) in [5.41, 5.74) is 8.29. The van der Waals surface area contributed by atoms with Crippen LogP contribution in [0.15, 0.2) is 24.3 Å². The molecule has 2 aromatic heterocycles. The molecule has 1 saturated heterocycles. The van der Waals surface area contributed by atoms with Gasteiger partial charge in [0, 0.05) is 31.9 Å². The minimum atomic E-state index is -3.03. The summed E-state index contributed by atoms with van der Waals surface area (Å²) in [6, 6.07) is 7.34. The number of imidazole rings is 1. The molecule has 1 aromatic carbocycles. The summed E-state index contributed by atoms with van der Waals surface area (Å²) in [4.78, 5) is 35.8. The molecule has 2 amide bonds. The highest BCUT2D eigenvalue weighted by Gasteiger charge is 2.38. The Bertz CT molecular complexity index is 1370. The Morgan fingerprint density at radius 2 is 1.91 bits per heavy atom. The van der Waals surface area contributed by atoms with E-state index < -0.39 is 15.9 Å². The molecule has 11 nitrogen and oxygen atoms in total. The molecule has 3 heterocycles. The van der Waals surface area contributed by atoms with Crippen LogP contribution in [0.3, 0.4) is 0 Å². The molecule has 1 aliphatic rings. The number of hydrogen-bond donors (Lipinski definition) is 2. The summed E-state index contributed by atoms with van der Waals surface area (Å²) in [5, 5.41) is 10.4. The Morgan fingerprint density at radius 3 is 2.54 bits per heavy atom. The molecule has 3 N–H and O–H groups in total. The van der Waals surface area contributed by atoms with Crippen molar-refractivity contribution < 1.29 is 23.1 Å². The van der Waals surface area contributed by atoms with Crippen LogP contribution in [0.5, 0.6) is 0 Å². The number of pyridine rings is 1. The third kappa shape index (κ3) is 5.02. The molecular formula is C23H30N6O5S. The molecule has 0 aliphatic carbocycles. The lowest BCUT2D eigenvalue weighted by atomic mass is 10.2. The molecule has 0 atom stereocenters. The number of carbonyl (C=O) groups excluding carboxylic acids is 1. The van der Waals surface area contributed by atoms with E-state index in [1.807, 2.05) is 28.8 Å². The topological polar surface area (TPSA) is 152 Å². The summed E-state index contributed by atoms with van der Waals surface area (Å²) < 4.78 is 25.1. The molecule has 0 radical (unpaired) electrons. The number of fused-ring (bicyclic) bond motifs is 3. The van der Waals surface area contributed by atoms with E-state index >= 15 is 0 Å². The van der Waals surface area contributed by atoms with E-state index in [0.29, 0.717) is 43.8 Å². The third-order valence-corrected chi connectivity index (χ3v) is 8.23. The highest BCUT2D eigenvalue weighted by Crippen LogP contribution is 2.29. The Balaban J connectivity index is 1.61. The van der Waals surface area contributed by atoms with Crippen LogP contribution in [-0.2, 0) is 27.7 Å². The average molecular weight is 503 g/mol. The normalized spacial score (nSPS) is 15.3. The largest absolute Gasteiger partial charge is 0.465 e. The lowest BCUT2D eigenvalue weighted by molar-refractivity contribution is -0.130. The maximum atomic E-state index is 12.1. The van der Waals surface area contributed by atoms with Crippen molar-refractivity contribution in [2.75, 3.05) is 30.3 Å². The first-order chi connectivity index (χ1) is 16.6. The van der Waals surface area contributed by atoms with Crippen LogP contribution in [0.4, 0.5) is 10.6 Å². The monoisotopic (exact) mass is 502 g/mol. The van der Waals surface area contributed by atoms with Crippen molar-refractivity contribution >= 4 is 49.6 Å². The van der Waals surface area contributed by atoms with Gasteiger partial charge in [0.1, 0.15) is 11.3 Å². The summed E-state index contributed by atoms with van der Waals surface area (Å²) >= 11 is 0. The van der Waals surface area contributed by atoms with Crippen LogP contribution < -0.4 is 5.73 Å². The van der Waals surface area contributed by atoms with Crippen molar-refractivity contribution in [1.82, 2.24) is 24.3 Å². The zero-order valence-corrected chi connectivity index (χ0v) is 20.7. The van der Waals surface area contributed by atoms with Gasteiger partial charge in [-0.1, -0.05) is 18.2 Å². The average Bonchev–Trinajstić information content (AvgIpc) is 3.14. The lowest BCUT2D eigenvalue weighted by Gasteiger charge is -2.36. The summed E-state index contributed by atoms with van der Waals surface area (Å²) in [6.07, 6.45) is 0.302. The Kier molecular flexibility index (Phi) is 6.84. The number of aryl methyl sites for hydroxylation is 1. The van der Waals surface area contributed by atoms with E-state index in [0.717, 1.165) is 16.4 Å². The van der Waals surface area contributed by atoms with Crippen LogP contribution >= 0.6 is 0 Å².